The van der Waals surface area contributed by atoms with Crippen molar-refractivity contribution in [3.8, 4) is 0 Å². The lowest BCUT2D eigenvalue weighted by molar-refractivity contribution is -0.148. The van der Waals surface area contributed by atoms with Gasteiger partial charge >= 0.3 is 5.97 Å². The molecule has 1 heterocycles. The summed E-state index contributed by atoms with van der Waals surface area (Å²) in [7, 11) is 1.46. The van der Waals surface area contributed by atoms with Crippen molar-refractivity contribution >= 4 is 5.97 Å². The Bertz CT molecular complexity index is 271. The van der Waals surface area contributed by atoms with E-state index < -0.39 is 5.54 Å². The Labute approximate surface area is 111 Å². The summed E-state index contributed by atoms with van der Waals surface area (Å²) in [5.41, 5.74) is -0.579. The average Bonchev–Trinajstić information content (AvgIpc) is 2.76. The van der Waals surface area contributed by atoms with Crippen LogP contribution in [0.5, 0.6) is 0 Å². The van der Waals surface area contributed by atoms with Gasteiger partial charge in [-0.3, -0.25) is 4.79 Å². The van der Waals surface area contributed by atoms with E-state index in [1.807, 2.05) is 13.8 Å². The van der Waals surface area contributed by atoms with Crippen molar-refractivity contribution in [2.24, 2.45) is 5.92 Å². The molecule has 0 amide bonds. The Balaban J connectivity index is 2.54. The lowest BCUT2D eigenvalue weighted by Gasteiger charge is -2.32. The Kier molecular flexibility index (Phi) is 6.09. The molecular weight excluding hydrogens is 228 g/mol. The van der Waals surface area contributed by atoms with Crippen LogP contribution in [0.3, 0.4) is 0 Å². The van der Waals surface area contributed by atoms with Gasteiger partial charge in [-0.05, 0) is 38.8 Å². The molecule has 0 radical (unpaired) electrons. The smallest absolute Gasteiger partial charge is 0.327 e. The minimum Gasteiger partial charge on any atom is -0.468 e. The molecule has 1 N–H and O–H groups in total. The number of carbonyl (C=O) groups is 1. The molecule has 0 aliphatic carbocycles. The normalized spacial score (nSPS) is 23.9. The first kappa shape index (κ1) is 15.4. The highest BCUT2D eigenvalue weighted by atomic mass is 16.5. The topological polar surface area (TPSA) is 41.6 Å². The molecule has 1 aliphatic rings. The van der Waals surface area contributed by atoms with Crippen LogP contribution in [-0.2, 0) is 9.53 Å². The maximum Gasteiger partial charge on any atom is 0.327 e. The third kappa shape index (κ3) is 3.95. The van der Waals surface area contributed by atoms with Gasteiger partial charge in [0.2, 0.25) is 0 Å². The largest absolute Gasteiger partial charge is 0.468 e. The van der Waals surface area contributed by atoms with Crippen molar-refractivity contribution in [1.29, 1.82) is 0 Å². The van der Waals surface area contributed by atoms with Gasteiger partial charge in [0.05, 0.1) is 7.11 Å². The standard InChI is InChI=1S/C14H28N2O2/c1-5-7-12-8-9-16(10-12)11-14(3,15-6-2)13(17)18-4/h12,15H,5-11H2,1-4H3. The number of carbonyl (C=O) groups excluding carboxylic acids is 1. The van der Waals surface area contributed by atoms with E-state index >= 15 is 0 Å². The maximum atomic E-state index is 11.9. The molecule has 106 valence electrons. The summed E-state index contributed by atoms with van der Waals surface area (Å²) in [5.74, 6) is 0.641. The number of rotatable bonds is 7. The molecule has 2 atom stereocenters. The van der Waals surface area contributed by atoms with Gasteiger partial charge in [-0.15, -0.1) is 0 Å². The van der Waals surface area contributed by atoms with Crippen molar-refractivity contribution in [2.45, 2.75) is 45.6 Å². The van der Waals surface area contributed by atoms with E-state index in [9.17, 15) is 4.79 Å². The van der Waals surface area contributed by atoms with Crippen molar-refractivity contribution in [2.75, 3.05) is 33.3 Å². The highest BCUT2D eigenvalue weighted by molar-refractivity contribution is 5.80. The van der Waals surface area contributed by atoms with E-state index in [0.29, 0.717) is 0 Å². The van der Waals surface area contributed by atoms with Gasteiger partial charge < -0.3 is 15.0 Å². The third-order valence-electron chi connectivity index (χ3n) is 3.81. The zero-order valence-corrected chi connectivity index (χ0v) is 12.3. The molecule has 0 bridgehead atoms. The molecule has 2 unspecified atom stereocenters. The number of esters is 1. The fraction of sp³-hybridized carbons (Fsp3) is 0.929. The van der Waals surface area contributed by atoms with Crippen molar-refractivity contribution in [1.82, 2.24) is 10.2 Å². The Morgan fingerprint density at radius 1 is 1.50 bits per heavy atom. The van der Waals surface area contributed by atoms with Gasteiger partial charge in [-0.25, -0.2) is 0 Å². The van der Waals surface area contributed by atoms with Crippen LogP contribution >= 0.6 is 0 Å². The zero-order valence-electron chi connectivity index (χ0n) is 12.3. The van der Waals surface area contributed by atoms with E-state index in [0.717, 1.165) is 32.1 Å². The van der Waals surface area contributed by atoms with Crippen LogP contribution in [0, 0.1) is 5.92 Å². The monoisotopic (exact) mass is 256 g/mol. The van der Waals surface area contributed by atoms with Crippen molar-refractivity contribution in [3.05, 3.63) is 0 Å². The summed E-state index contributed by atoms with van der Waals surface area (Å²) in [5, 5.41) is 3.27. The van der Waals surface area contributed by atoms with Gasteiger partial charge in [0.15, 0.2) is 0 Å². The van der Waals surface area contributed by atoms with E-state index in [-0.39, 0.29) is 5.97 Å². The molecule has 1 fully saturated rings. The van der Waals surface area contributed by atoms with Gasteiger partial charge in [-0.2, -0.15) is 0 Å². The highest BCUT2D eigenvalue weighted by Crippen LogP contribution is 2.22. The summed E-state index contributed by atoms with van der Waals surface area (Å²) in [6, 6.07) is 0. The Morgan fingerprint density at radius 2 is 2.22 bits per heavy atom. The quantitative estimate of drug-likeness (QED) is 0.703. The molecule has 18 heavy (non-hydrogen) atoms. The SMILES string of the molecule is CCCC1CCN(CC(C)(NCC)C(=O)OC)C1. The zero-order chi connectivity index (χ0) is 13.6. The van der Waals surface area contributed by atoms with Crippen LogP contribution in [0.15, 0.2) is 0 Å². The molecule has 0 spiro atoms. The van der Waals surface area contributed by atoms with Gasteiger partial charge in [0.1, 0.15) is 5.54 Å². The molecule has 1 saturated heterocycles. The molecule has 0 aromatic carbocycles. The number of nitrogens with one attached hydrogen (secondary N) is 1. The fourth-order valence-electron chi connectivity index (χ4n) is 2.96. The lowest BCUT2D eigenvalue weighted by atomic mass is 10.0. The molecule has 4 nitrogen and oxygen atoms in total. The summed E-state index contributed by atoms with van der Waals surface area (Å²) in [4.78, 5) is 14.3. The molecule has 0 aromatic rings. The van der Waals surface area contributed by atoms with Gasteiger partial charge in [0.25, 0.3) is 0 Å². The second-order valence-corrected chi connectivity index (χ2v) is 5.53. The minimum atomic E-state index is -0.579. The third-order valence-corrected chi connectivity index (χ3v) is 3.81. The van der Waals surface area contributed by atoms with Gasteiger partial charge in [0, 0.05) is 13.1 Å². The van der Waals surface area contributed by atoms with E-state index in [1.54, 1.807) is 0 Å². The lowest BCUT2D eigenvalue weighted by Crippen LogP contribution is -2.57. The number of likely N-dealkylation sites (N-methyl/N-ethyl adjacent to an activating group) is 1. The van der Waals surface area contributed by atoms with E-state index in [4.69, 9.17) is 4.74 Å². The molecular formula is C14H28N2O2. The van der Waals surface area contributed by atoms with Gasteiger partial charge in [-0.1, -0.05) is 20.3 Å². The summed E-state index contributed by atoms with van der Waals surface area (Å²) in [6.07, 6.45) is 3.81. The molecule has 1 aliphatic heterocycles. The summed E-state index contributed by atoms with van der Waals surface area (Å²) < 4.78 is 4.92. The van der Waals surface area contributed by atoms with Crippen molar-refractivity contribution in [3.63, 3.8) is 0 Å². The van der Waals surface area contributed by atoms with E-state index in [2.05, 4.69) is 17.1 Å². The number of likely N-dealkylation sites (tertiary alicyclic amines) is 1. The highest BCUT2D eigenvalue weighted by Gasteiger charge is 2.37. The second-order valence-electron chi connectivity index (χ2n) is 5.53. The van der Waals surface area contributed by atoms with Crippen LogP contribution in [0.4, 0.5) is 0 Å². The van der Waals surface area contributed by atoms with Crippen molar-refractivity contribution < 1.29 is 9.53 Å². The van der Waals surface area contributed by atoms with Crippen LogP contribution in [0.1, 0.15) is 40.0 Å². The van der Waals surface area contributed by atoms with Crippen LogP contribution in [0.25, 0.3) is 0 Å². The molecule has 4 heteroatoms. The second kappa shape index (κ2) is 7.10. The molecule has 0 saturated carbocycles. The summed E-state index contributed by atoms with van der Waals surface area (Å²) in [6.45, 7) is 9.93. The first-order chi connectivity index (χ1) is 8.55. The molecule has 0 aromatic heterocycles. The van der Waals surface area contributed by atoms with Crippen LogP contribution < -0.4 is 5.32 Å². The number of ether oxygens (including phenoxy) is 1. The first-order valence-electron chi connectivity index (χ1n) is 7.11. The number of methoxy groups -OCH3 is 1. The fourth-order valence-corrected chi connectivity index (χ4v) is 2.96. The maximum absolute atomic E-state index is 11.9. The molecule has 1 rings (SSSR count). The number of hydrogen-bond donors (Lipinski definition) is 1. The Hall–Kier alpha value is -0.610. The number of hydrogen-bond acceptors (Lipinski definition) is 4. The Morgan fingerprint density at radius 3 is 2.78 bits per heavy atom. The average molecular weight is 256 g/mol. The predicted octanol–water partition coefficient (Wildman–Crippen LogP) is 1.65. The van der Waals surface area contributed by atoms with E-state index in [1.165, 1.54) is 26.4 Å². The first-order valence-corrected chi connectivity index (χ1v) is 7.11. The number of nitrogens with zero attached hydrogens (tertiary/aromatic N) is 1. The van der Waals surface area contributed by atoms with Crippen LogP contribution in [0.2, 0.25) is 0 Å². The predicted molar refractivity (Wildman–Crippen MR) is 73.6 cm³/mol. The van der Waals surface area contributed by atoms with Crippen LogP contribution in [-0.4, -0.2) is 49.7 Å². The minimum absolute atomic E-state index is 0.164. The summed E-state index contributed by atoms with van der Waals surface area (Å²) >= 11 is 0.